The molecule has 122 valence electrons. The molecule has 2 heterocycles. The maximum atomic E-state index is 13.2. The number of amides is 1. The van der Waals surface area contributed by atoms with Crippen LogP contribution in [0.2, 0.25) is 0 Å². The average molecular weight is 319 g/mol. The summed E-state index contributed by atoms with van der Waals surface area (Å²) in [4.78, 5) is 19.7. The summed E-state index contributed by atoms with van der Waals surface area (Å²) >= 11 is 0. The maximum absolute atomic E-state index is 13.2. The highest BCUT2D eigenvalue weighted by atomic mass is 16.2. The Morgan fingerprint density at radius 2 is 2.04 bits per heavy atom. The van der Waals surface area contributed by atoms with Crippen LogP contribution in [-0.2, 0) is 0 Å². The number of hydrogen-bond acceptors (Lipinski definition) is 3. The SMILES string of the molecule is CC1CC(CN)CN1C(=O)c1cc2ccccc2c2cccnc12. The number of carbonyl (C=O) groups is 1. The second-order valence-corrected chi connectivity index (χ2v) is 6.69. The van der Waals surface area contributed by atoms with E-state index in [0.29, 0.717) is 18.0 Å². The molecule has 1 aliphatic rings. The van der Waals surface area contributed by atoms with Gasteiger partial charge in [0, 0.05) is 24.2 Å². The van der Waals surface area contributed by atoms with Crippen LogP contribution in [0, 0.1) is 5.92 Å². The number of fused-ring (bicyclic) bond motifs is 3. The Morgan fingerprint density at radius 3 is 2.83 bits per heavy atom. The summed E-state index contributed by atoms with van der Waals surface area (Å²) < 4.78 is 0. The molecule has 0 spiro atoms. The minimum atomic E-state index is 0.0629. The van der Waals surface area contributed by atoms with Gasteiger partial charge in [0.2, 0.25) is 0 Å². The van der Waals surface area contributed by atoms with Gasteiger partial charge < -0.3 is 10.6 Å². The zero-order valence-corrected chi connectivity index (χ0v) is 13.8. The fourth-order valence-corrected chi connectivity index (χ4v) is 3.84. The topological polar surface area (TPSA) is 59.2 Å². The van der Waals surface area contributed by atoms with E-state index >= 15 is 0 Å². The van der Waals surface area contributed by atoms with Gasteiger partial charge in [-0.15, -0.1) is 0 Å². The number of hydrogen-bond donors (Lipinski definition) is 1. The molecular formula is C20H21N3O. The molecule has 4 heteroatoms. The maximum Gasteiger partial charge on any atom is 0.256 e. The highest BCUT2D eigenvalue weighted by Crippen LogP contribution is 2.30. The highest BCUT2D eigenvalue weighted by Gasteiger charge is 2.33. The van der Waals surface area contributed by atoms with E-state index in [4.69, 9.17) is 5.73 Å². The normalized spacial score (nSPS) is 20.8. The molecule has 1 aromatic heterocycles. The third kappa shape index (κ3) is 2.34. The van der Waals surface area contributed by atoms with Crippen molar-refractivity contribution in [2.45, 2.75) is 19.4 Å². The van der Waals surface area contributed by atoms with E-state index in [9.17, 15) is 4.79 Å². The van der Waals surface area contributed by atoms with Crippen LogP contribution in [0.4, 0.5) is 0 Å². The molecule has 4 nitrogen and oxygen atoms in total. The first kappa shape index (κ1) is 15.1. The molecule has 24 heavy (non-hydrogen) atoms. The van der Waals surface area contributed by atoms with Gasteiger partial charge in [-0.25, -0.2) is 0 Å². The van der Waals surface area contributed by atoms with Crippen LogP contribution in [0.15, 0.2) is 48.7 Å². The molecule has 0 aliphatic carbocycles. The molecule has 1 fully saturated rings. The Balaban J connectivity index is 1.88. The number of likely N-dealkylation sites (tertiary alicyclic amines) is 1. The Hall–Kier alpha value is -2.46. The quantitative estimate of drug-likeness (QED) is 0.738. The first-order valence-electron chi connectivity index (χ1n) is 8.46. The van der Waals surface area contributed by atoms with Gasteiger partial charge in [0.25, 0.3) is 5.91 Å². The molecular weight excluding hydrogens is 298 g/mol. The van der Waals surface area contributed by atoms with Crippen molar-refractivity contribution in [2.75, 3.05) is 13.1 Å². The largest absolute Gasteiger partial charge is 0.336 e. The predicted octanol–water partition coefficient (Wildman–Crippen LogP) is 3.20. The lowest BCUT2D eigenvalue weighted by Crippen LogP contribution is -2.34. The van der Waals surface area contributed by atoms with Gasteiger partial charge in [0.1, 0.15) is 0 Å². The van der Waals surface area contributed by atoms with Gasteiger partial charge in [-0.2, -0.15) is 0 Å². The van der Waals surface area contributed by atoms with Crippen LogP contribution in [0.3, 0.4) is 0 Å². The average Bonchev–Trinajstić information content (AvgIpc) is 3.01. The molecule has 2 N–H and O–H groups in total. The zero-order valence-electron chi connectivity index (χ0n) is 13.8. The fraction of sp³-hybridized carbons (Fsp3) is 0.300. The minimum absolute atomic E-state index is 0.0629. The molecule has 1 amide bonds. The summed E-state index contributed by atoms with van der Waals surface area (Å²) in [6, 6.07) is 14.3. The van der Waals surface area contributed by atoms with Gasteiger partial charge in [0.15, 0.2) is 0 Å². The number of aromatic nitrogens is 1. The molecule has 2 aromatic carbocycles. The Morgan fingerprint density at radius 1 is 1.25 bits per heavy atom. The van der Waals surface area contributed by atoms with Crippen molar-refractivity contribution >= 4 is 27.6 Å². The molecule has 0 bridgehead atoms. The van der Waals surface area contributed by atoms with E-state index in [-0.39, 0.29) is 11.9 Å². The molecule has 2 atom stereocenters. The lowest BCUT2D eigenvalue weighted by molar-refractivity contribution is 0.0745. The van der Waals surface area contributed by atoms with Crippen LogP contribution in [0.25, 0.3) is 21.7 Å². The van der Waals surface area contributed by atoms with Crippen molar-refractivity contribution in [2.24, 2.45) is 11.7 Å². The molecule has 4 rings (SSSR count). The lowest BCUT2D eigenvalue weighted by Gasteiger charge is -2.22. The first-order chi connectivity index (χ1) is 11.7. The van der Waals surface area contributed by atoms with Crippen molar-refractivity contribution in [1.29, 1.82) is 0 Å². The summed E-state index contributed by atoms with van der Waals surface area (Å²) in [5.41, 5.74) is 7.28. The number of benzene rings is 2. The molecule has 1 saturated heterocycles. The van der Waals surface area contributed by atoms with E-state index in [0.717, 1.165) is 34.6 Å². The predicted molar refractivity (Wildman–Crippen MR) is 96.9 cm³/mol. The Labute approximate surface area is 141 Å². The van der Waals surface area contributed by atoms with Crippen LogP contribution < -0.4 is 5.73 Å². The van der Waals surface area contributed by atoms with Crippen molar-refractivity contribution in [1.82, 2.24) is 9.88 Å². The van der Waals surface area contributed by atoms with Gasteiger partial charge in [-0.1, -0.05) is 30.3 Å². The Kier molecular flexibility index (Phi) is 3.69. The third-order valence-electron chi connectivity index (χ3n) is 5.10. The fourth-order valence-electron chi connectivity index (χ4n) is 3.84. The summed E-state index contributed by atoms with van der Waals surface area (Å²) in [6.07, 6.45) is 2.73. The molecule has 2 unspecified atom stereocenters. The third-order valence-corrected chi connectivity index (χ3v) is 5.10. The summed E-state index contributed by atoms with van der Waals surface area (Å²) in [5, 5.41) is 3.23. The smallest absolute Gasteiger partial charge is 0.256 e. The number of nitrogens with two attached hydrogens (primary N) is 1. The summed E-state index contributed by atoms with van der Waals surface area (Å²) in [7, 11) is 0. The number of rotatable bonds is 2. The molecule has 0 radical (unpaired) electrons. The summed E-state index contributed by atoms with van der Waals surface area (Å²) in [5.74, 6) is 0.455. The van der Waals surface area contributed by atoms with Gasteiger partial charge in [-0.05, 0) is 48.7 Å². The minimum Gasteiger partial charge on any atom is -0.336 e. The van der Waals surface area contributed by atoms with Crippen LogP contribution in [0.1, 0.15) is 23.7 Å². The van der Waals surface area contributed by atoms with Crippen LogP contribution in [0.5, 0.6) is 0 Å². The monoisotopic (exact) mass is 319 g/mol. The van der Waals surface area contributed by atoms with E-state index in [1.165, 1.54) is 0 Å². The van der Waals surface area contributed by atoms with Gasteiger partial charge in [0.05, 0.1) is 11.1 Å². The van der Waals surface area contributed by atoms with E-state index in [1.807, 2.05) is 35.2 Å². The second kappa shape index (κ2) is 5.87. The van der Waals surface area contributed by atoms with Crippen molar-refractivity contribution < 1.29 is 4.79 Å². The number of nitrogens with zero attached hydrogens (tertiary/aromatic N) is 2. The van der Waals surface area contributed by atoms with Crippen LogP contribution in [-0.4, -0.2) is 34.9 Å². The standard InChI is InChI=1S/C20H21N3O/c1-13-9-14(11-21)12-23(13)20(24)18-10-15-5-2-3-6-16(15)17-7-4-8-22-19(17)18/h2-8,10,13-14H,9,11-12,21H2,1H3. The van der Waals surface area contributed by atoms with Gasteiger partial charge >= 0.3 is 0 Å². The summed E-state index contributed by atoms with van der Waals surface area (Å²) in [6.45, 7) is 3.46. The van der Waals surface area contributed by atoms with E-state index < -0.39 is 0 Å². The number of carbonyl (C=O) groups excluding carboxylic acids is 1. The molecule has 1 aliphatic heterocycles. The van der Waals surface area contributed by atoms with E-state index in [1.54, 1.807) is 6.20 Å². The lowest BCUT2D eigenvalue weighted by atomic mass is 10.00. The molecule has 3 aromatic rings. The molecule has 0 saturated carbocycles. The second-order valence-electron chi connectivity index (χ2n) is 6.69. The Bertz CT molecular complexity index is 921. The number of pyridine rings is 1. The van der Waals surface area contributed by atoms with Crippen molar-refractivity contribution in [3.63, 3.8) is 0 Å². The van der Waals surface area contributed by atoms with E-state index in [2.05, 4.69) is 24.0 Å². The van der Waals surface area contributed by atoms with Crippen LogP contribution >= 0.6 is 0 Å². The zero-order chi connectivity index (χ0) is 16.7. The van der Waals surface area contributed by atoms with Crippen molar-refractivity contribution in [3.05, 3.63) is 54.2 Å². The van der Waals surface area contributed by atoms with Crippen molar-refractivity contribution in [3.8, 4) is 0 Å². The first-order valence-corrected chi connectivity index (χ1v) is 8.46. The highest BCUT2D eigenvalue weighted by molar-refractivity contribution is 6.15. The van der Waals surface area contributed by atoms with Gasteiger partial charge in [-0.3, -0.25) is 9.78 Å².